The third kappa shape index (κ3) is 5.46. The Labute approximate surface area is 108 Å². The van der Waals surface area contributed by atoms with Gasteiger partial charge in [0.1, 0.15) is 0 Å². The van der Waals surface area contributed by atoms with Crippen LogP contribution in [0.1, 0.15) is 5.56 Å². The van der Waals surface area contributed by atoms with Gasteiger partial charge >= 0.3 is 5.97 Å². The van der Waals surface area contributed by atoms with Gasteiger partial charge in [-0.25, -0.2) is 4.79 Å². The number of hydrogen-bond acceptors (Lipinski definition) is 3. The summed E-state index contributed by atoms with van der Waals surface area (Å²) < 4.78 is 4.55. The van der Waals surface area contributed by atoms with Crippen LogP contribution in [-0.4, -0.2) is 31.1 Å². The lowest BCUT2D eigenvalue weighted by molar-refractivity contribution is -0.134. The van der Waals surface area contributed by atoms with Crippen molar-refractivity contribution in [3.05, 3.63) is 60.7 Å². The van der Waals surface area contributed by atoms with Crippen LogP contribution >= 0.6 is 0 Å². The largest absolute Gasteiger partial charge is 0.466 e. The number of benzene rings is 1. The predicted molar refractivity (Wildman–Crippen MR) is 73.1 cm³/mol. The van der Waals surface area contributed by atoms with E-state index in [2.05, 4.69) is 28.3 Å². The van der Waals surface area contributed by atoms with E-state index in [-0.39, 0.29) is 5.97 Å². The van der Waals surface area contributed by atoms with Gasteiger partial charge in [0.2, 0.25) is 0 Å². The number of methoxy groups -OCH3 is 1. The summed E-state index contributed by atoms with van der Waals surface area (Å²) in [4.78, 5) is 13.1. The first-order valence-corrected chi connectivity index (χ1v) is 5.88. The van der Waals surface area contributed by atoms with E-state index in [0.717, 1.165) is 13.1 Å². The molecule has 0 unspecified atom stereocenters. The number of hydrogen-bond donors (Lipinski definition) is 0. The lowest BCUT2D eigenvalue weighted by atomic mass is 10.2. The molecule has 0 aliphatic carbocycles. The first-order valence-electron chi connectivity index (χ1n) is 5.88. The molecule has 0 heterocycles. The summed E-state index contributed by atoms with van der Waals surface area (Å²) in [6, 6.07) is 10.2. The van der Waals surface area contributed by atoms with Crippen LogP contribution in [0.3, 0.4) is 0 Å². The first-order chi connectivity index (χ1) is 8.76. The van der Waals surface area contributed by atoms with Crippen LogP contribution in [0.25, 0.3) is 0 Å². The van der Waals surface area contributed by atoms with E-state index in [9.17, 15) is 4.79 Å². The molecule has 0 spiro atoms. The average molecular weight is 245 g/mol. The zero-order valence-corrected chi connectivity index (χ0v) is 10.7. The maximum Gasteiger partial charge on any atom is 0.330 e. The zero-order chi connectivity index (χ0) is 13.2. The summed E-state index contributed by atoms with van der Waals surface area (Å²) in [7, 11) is 1.37. The van der Waals surface area contributed by atoms with Gasteiger partial charge < -0.3 is 4.74 Å². The van der Waals surface area contributed by atoms with Crippen molar-refractivity contribution >= 4 is 5.97 Å². The summed E-state index contributed by atoms with van der Waals surface area (Å²) >= 11 is 0. The standard InChI is InChI=1S/C15H19NO2/c1-3-11-16(12-7-10-15(17)18-2)13-14-8-5-4-6-9-14/h3-10H,1,11-13H2,2H3/b10-7+. The molecule has 0 fully saturated rings. The third-order valence-electron chi connectivity index (χ3n) is 2.46. The van der Waals surface area contributed by atoms with E-state index < -0.39 is 0 Å². The normalized spacial score (nSPS) is 10.8. The molecule has 0 N–H and O–H groups in total. The fourth-order valence-electron chi connectivity index (χ4n) is 1.59. The van der Waals surface area contributed by atoms with E-state index in [1.807, 2.05) is 24.3 Å². The Morgan fingerprint density at radius 1 is 1.33 bits per heavy atom. The highest BCUT2D eigenvalue weighted by Crippen LogP contribution is 2.04. The Kier molecular flexibility index (Phi) is 6.51. The second-order valence-corrected chi connectivity index (χ2v) is 3.89. The molecule has 0 saturated heterocycles. The molecule has 3 heteroatoms. The molecule has 1 aromatic rings. The summed E-state index contributed by atoms with van der Waals surface area (Å²) in [6.07, 6.45) is 5.11. The van der Waals surface area contributed by atoms with Gasteiger partial charge in [0, 0.05) is 25.7 Å². The van der Waals surface area contributed by atoms with Crippen LogP contribution in [0.5, 0.6) is 0 Å². The van der Waals surface area contributed by atoms with Crippen LogP contribution in [0.2, 0.25) is 0 Å². The fourth-order valence-corrected chi connectivity index (χ4v) is 1.59. The van der Waals surface area contributed by atoms with Crippen molar-refractivity contribution in [2.75, 3.05) is 20.2 Å². The van der Waals surface area contributed by atoms with Crippen molar-refractivity contribution < 1.29 is 9.53 Å². The van der Waals surface area contributed by atoms with Gasteiger partial charge in [0.05, 0.1) is 7.11 Å². The molecule has 0 aromatic heterocycles. The molecule has 96 valence electrons. The highest BCUT2D eigenvalue weighted by Gasteiger charge is 2.02. The Balaban J connectivity index is 2.52. The number of esters is 1. The van der Waals surface area contributed by atoms with E-state index in [1.54, 1.807) is 6.08 Å². The van der Waals surface area contributed by atoms with Crippen LogP contribution in [0.4, 0.5) is 0 Å². The Morgan fingerprint density at radius 2 is 2.06 bits per heavy atom. The van der Waals surface area contributed by atoms with Gasteiger partial charge in [0.25, 0.3) is 0 Å². The van der Waals surface area contributed by atoms with E-state index >= 15 is 0 Å². The molecule has 0 atom stereocenters. The lowest BCUT2D eigenvalue weighted by Crippen LogP contribution is -2.23. The Hall–Kier alpha value is -1.87. The monoisotopic (exact) mass is 245 g/mol. The maximum atomic E-state index is 11.0. The molecule has 0 amide bonds. The Morgan fingerprint density at radius 3 is 2.67 bits per heavy atom. The zero-order valence-electron chi connectivity index (χ0n) is 10.7. The smallest absolute Gasteiger partial charge is 0.330 e. The fraction of sp³-hybridized carbons (Fsp3) is 0.267. The second kappa shape index (κ2) is 8.25. The van der Waals surface area contributed by atoms with Gasteiger partial charge in [-0.3, -0.25) is 4.90 Å². The van der Waals surface area contributed by atoms with Crippen molar-refractivity contribution in [1.82, 2.24) is 4.90 Å². The second-order valence-electron chi connectivity index (χ2n) is 3.89. The van der Waals surface area contributed by atoms with Crippen molar-refractivity contribution in [2.24, 2.45) is 0 Å². The van der Waals surface area contributed by atoms with Crippen LogP contribution in [0.15, 0.2) is 55.1 Å². The third-order valence-corrected chi connectivity index (χ3v) is 2.46. The van der Waals surface area contributed by atoms with E-state index in [4.69, 9.17) is 0 Å². The molecule has 0 aliphatic heterocycles. The molecule has 0 saturated carbocycles. The van der Waals surface area contributed by atoms with Gasteiger partial charge in [0.15, 0.2) is 0 Å². The molecular weight excluding hydrogens is 226 g/mol. The lowest BCUT2D eigenvalue weighted by Gasteiger charge is -2.18. The maximum absolute atomic E-state index is 11.0. The van der Waals surface area contributed by atoms with Crippen molar-refractivity contribution in [3.63, 3.8) is 0 Å². The minimum Gasteiger partial charge on any atom is -0.466 e. The summed E-state index contributed by atoms with van der Waals surface area (Å²) in [5, 5.41) is 0. The van der Waals surface area contributed by atoms with Gasteiger partial charge in [-0.2, -0.15) is 0 Å². The molecule has 1 aromatic carbocycles. The predicted octanol–water partition coefficient (Wildman–Crippen LogP) is 2.40. The number of nitrogens with zero attached hydrogens (tertiary/aromatic N) is 1. The topological polar surface area (TPSA) is 29.5 Å². The van der Waals surface area contributed by atoms with Crippen molar-refractivity contribution in [1.29, 1.82) is 0 Å². The minimum absolute atomic E-state index is 0.326. The molecule has 0 bridgehead atoms. The highest BCUT2D eigenvalue weighted by molar-refractivity contribution is 5.81. The molecule has 1 rings (SSSR count). The highest BCUT2D eigenvalue weighted by atomic mass is 16.5. The van der Waals surface area contributed by atoms with Gasteiger partial charge in [-0.1, -0.05) is 42.5 Å². The quantitative estimate of drug-likeness (QED) is 0.420. The molecule has 0 radical (unpaired) electrons. The van der Waals surface area contributed by atoms with Crippen LogP contribution in [0, 0.1) is 0 Å². The minimum atomic E-state index is -0.326. The summed E-state index contributed by atoms with van der Waals surface area (Å²) in [6.45, 7) is 6.04. The molecule has 18 heavy (non-hydrogen) atoms. The summed E-state index contributed by atoms with van der Waals surface area (Å²) in [5.74, 6) is -0.326. The molecular formula is C15H19NO2. The van der Waals surface area contributed by atoms with Crippen LogP contribution in [-0.2, 0) is 16.1 Å². The molecule has 0 aliphatic rings. The summed E-state index contributed by atoms with van der Waals surface area (Å²) in [5.41, 5.74) is 1.24. The number of carbonyl (C=O) groups is 1. The van der Waals surface area contributed by atoms with Gasteiger partial charge in [-0.05, 0) is 5.56 Å². The average Bonchev–Trinajstić information content (AvgIpc) is 2.40. The van der Waals surface area contributed by atoms with E-state index in [0.29, 0.717) is 6.54 Å². The number of ether oxygens (including phenoxy) is 1. The van der Waals surface area contributed by atoms with E-state index in [1.165, 1.54) is 18.7 Å². The Bertz CT molecular complexity index is 398. The SMILES string of the molecule is C=CCN(C/C=C/C(=O)OC)Cc1ccccc1. The van der Waals surface area contributed by atoms with Crippen molar-refractivity contribution in [3.8, 4) is 0 Å². The first kappa shape index (κ1) is 14.2. The number of rotatable bonds is 7. The van der Waals surface area contributed by atoms with Gasteiger partial charge in [-0.15, -0.1) is 6.58 Å². The number of carbonyl (C=O) groups excluding carboxylic acids is 1. The molecule has 3 nitrogen and oxygen atoms in total. The van der Waals surface area contributed by atoms with Crippen LogP contribution < -0.4 is 0 Å². The van der Waals surface area contributed by atoms with Crippen molar-refractivity contribution in [2.45, 2.75) is 6.54 Å².